The molecule has 2 rings (SSSR count). The highest BCUT2D eigenvalue weighted by Crippen LogP contribution is 2.23. The van der Waals surface area contributed by atoms with Crippen molar-refractivity contribution in [2.45, 2.75) is 25.2 Å². The van der Waals surface area contributed by atoms with Gasteiger partial charge in [-0.2, -0.15) is 0 Å². The van der Waals surface area contributed by atoms with E-state index < -0.39 is 6.67 Å². The van der Waals surface area contributed by atoms with Crippen LogP contribution in [0.15, 0.2) is 6.20 Å². The number of hydrogen-bond acceptors (Lipinski definition) is 4. The van der Waals surface area contributed by atoms with Crippen LogP contribution in [0.3, 0.4) is 0 Å². The van der Waals surface area contributed by atoms with Crippen LogP contribution in [0.2, 0.25) is 0 Å². The molecule has 0 amide bonds. The second-order valence-corrected chi connectivity index (χ2v) is 4.10. The maximum absolute atomic E-state index is 12.2. The monoisotopic (exact) mass is 260 g/mol. The number of nitrogens with one attached hydrogen (secondary N) is 1. The first-order chi connectivity index (χ1) is 7.81. The molecule has 2 heterocycles. The van der Waals surface area contributed by atoms with Crippen LogP contribution < -0.4 is 11.1 Å². The van der Waals surface area contributed by atoms with E-state index in [9.17, 15) is 4.39 Å². The number of nitrogen functional groups attached to an aromatic ring is 1. The summed E-state index contributed by atoms with van der Waals surface area (Å²) >= 11 is 0. The number of alkyl halides is 1. The minimum atomic E-state index is -0.416. The third-order valence-corrected chi connectivity index (χ3v) is 2.98. The van der Waals surface area contributed by atoms with E-state index in [-0.39, 0.29) is 12.4 Å². The van der Waals surface area contributed by atoms with Gasteiger partial charge in [-0.1, -0.05) is 0 Å². The lowest BCUT2D eigenvalue weighted by Crippen LogP contribution is -2.27. The fraction of sp³-hybridized carbons (Fsp3) is 0.636. The smallest absolute Gasteiger partial charge is 0.133 e. The normalized spacial score (nSPS) is 16.5. The molecule has 1 fully saturated rings. The van der Waals surface area contributed by atoms with Gasteiger partial charge in [0.15, 0.2) is 0 Å². The summed E-state index contributed by atoms with van der Waals surface area (Å²) < 4.78 is 12.2. The highest BCUT2D eigenvalue weighted by Gasteiger charge is 2.18. The lowest BCUT2D eigenvalue weighted by Gasteiger charge is -2.21. The summed E-state index contributed by atoms with van der Waals surface area (Å²) in [7, 11) is 0. The number of rotatable bonds is 3. The standard InChI is InChI=1S/C11H17FN4.ClH/c12-4-1-9-7-15-11(16-10(9)13)8-2-5-14-6-3-8;/h7-8,14H,1-6H2,(H2,13,15,16);1H. The predicted octanol–water partition coefficient (Wildman–Crippen LogP) is 1.46. The van der Waals surface area contributed by atoms with Crippen LogP contribution in [0.1, 0.15) is 30.1 Å². The number of nitrogens with zero attached hydrogens (tertiary/aromatic N) is 2. The zero-order chi connectivity index (χ0) is 11.4. The van der Waals surface area contributed by atoms with Crippen molar-refractivity contribution in [1.82, 2.24) is 15.3 Å². The van der Waals surface area contributed by atoms with E-state index in [1.807, 2.05) is 0 Å². The van der Waals surface area contributed by atoms with Gasteiger partial charge in [0.2, 0.25) is 0 Å². The van der Waals surface area contributed by atoms with Gasteiger partial charge in [-0.3, -0.25) is 4.39 Å². The van der Waals surface area contributed by atoms with Gasteiger partial charge in [0.1, 0.15) is 11.6 Å². The lowest BCUT2D eigenvalue weighted by molar-refractivity contribution is 0.444. The van der Waals surface area contributed by atoms with E-state index in [4.69, 9.17) is 5.73 Å². The maximum Gasteiger partial charge on any atom is 0.133 e. The number of aromatic nitrogens is 2. The van der Waals surface area contributed by atoms with E-state index in [1.165, 1.54) is 0 Å². The van der Waals surface area contributed by atoms with Gasteiger partial charge in [0, 0.05) is 24.1 Å². The largest absolute Gasteiger partial charge is 0.383 e. The van der Waals surface area contributed by atoms with Crippen molar-refractivity contribution in [3.63, 3.8) is 0 Å². The van der Waals surface area contributed by atoms with Crippen molar-refractivity contribution < 1.29 is 4.39 Å². The molecule has 0 aliphatic carbocycles. The highest BCUT2D eigenvalue weighted by molar-refractivity contribution is 5.85. The first-order valence-electron chi connectivity index (χ1n) is 5.69. The Morgan fingerprint density at radius 3 is 2.71 bits per heavy atom. The van der Waals surface area contributed by atoms with Gasteiger partial charge in [-0.15, -0.1) is 12.4 Å². The van der Waals surface area contributed by atoms with Crippen LogP contribution in [0.5, 0.6) is 0 Å². The molecule has 0 aromatic carbocycles. The van der Waals surface area contributed by atoms with Gasteiger partial charge in [0.05, 0.1) is 6.67 Å². The average molecular weight is 261 g/mol. The van der Waals surface area contributed by atoms with Crippen molar-refractivity contribution in [2.75, 3.05) is 25.5 Å². The van der Waals surface area contributed by atoms with Crippen LogP contribution in [-0.4, -0.2) is 29.7 Å². The molecule has 1 aliphatic rings. The Labute approximate surface area is 107 Å². The van der Waals surface area contributed by atoms with Crippen LogP contribution in [0, 0.1) is 0 Å². The summed E-state index contributed by atoms with van der Waals surface area (Å²) in [5.41, 5.74) is 6.49. The summed E-state index contributed by atoms with van der Waals surface area (Å²) in [5.74, 6) is 1.63. The van der Waals surface area contributed by atoms with Gasteiger partial charge < -0.3 is 11.1 Å². The van der Waals surface area contributed by atoms with Crippen LogP contribution in [-0.2, 0) is 6.42 Å². The fourth-order valence-corrected chi connectivity index (χ4v) is 2.01. The Morgan fingerprint density at radius 1 is 1.41 bits per heavy atom. The molecule has 1 aliphatic heterocycles. The molecule has 0 radical (unpaired) electrons. The number of anilines is 1. The maximum atomic E-state index is 12.2. The summed E-state index contributed by atoms with van der Waals surface area (Å²) in [6.07, 6.45) is 4.06. The molecule has 3 N–H and O–H groups in total. The van der Waals surface area contributed by atoms with E-state index in [0.717, 1.165) is 31.8 Å². The molecule has 1 aromatic rings. The molecule has 96 valence electrons. The van der Waals surface area contributed by atoms with Crippen molar-refractivity contribution in [1.29, 1.82) is 0 Å². The van der Waals surface area contributed by atoms with Crippen molar-refractivity contribution in [3.05, 3.63) is 17.6 Å². The number of nitrogens with two attached hydrogens (primary N) is 1. The van der Waals surface area contributed by atoms with E-state index in [0.29, 0.717) is 23.7 Å². The average Bonchev–Trinajstić information content (AvgIpc) is 2.33. The second kappa shape index (κ2) is 6.71. The molecule has 1 saturated heterocycles. The molecule has 0 spiro atoms. The van der Waals surface area contributed by atoms with Gasteiger partial charge in [0.25, 0.3) is 0 Å². The number of halogens is 2. The molecular weight excluding hydrogens is 243 g/mol. The van der Waals surface area contributed by atoms with Crippen LogP contribution in [0.4, 0.5) is 10.2 Å². The number of aryl methyl sites for hydroxylation is 1. The first kappa shape index (κ1) is 14.1. The molecule has 4 nitrogen and oxygen atoms in total. The molecular formula is C11H18ClFN4. The quantitative estimate of drug-likeness (QED) is 0.864. The summed E-state index contributed by atoms with van der Waals surface area (Å²) in [6, 6.07) is 0. The van der Waals surface area contributed by atoms with Crippen molar-refractivity contribution in [3.8, 4) is 0 Å². The van der Waals surface area contributed by atoms with Gasteiger partial charge in [-0.05, 0) is 25.9 Å². The van der Waals surface area contributed by atoms with Gasteiger partial charge in [-0.25, -0.2) is 9.97 Å². The molecule has 0 bridgehead atoms. The first-order valence-corrected chi connectivity index (χ1v) is 5.69. The topological polar surface area (TPSA) is 63.8 Å². The Kier molecular flexibility index (Phi) is 5.58. The Morgan fingerprint density at radius 2 is 2.12 bits per heavy atom. The summed E-state index contributed by atoms with van der Waals surface area (Å²) in [5, 5.41) is 3.29. The third-order valence-electron chi connectivity index (χ3n) is 2.98. The number of piperidine rings is 1. The second-order valence-electron chi connectivity index (χ2n) is 4.10. The Bertz CT molecular complexity index is 355. The Balaban J connectivity index is 0.00000144. The van der Waals surface area contributed by atoms with Crippen molar-refractivity contribution >= 4 is 18.2 Å². The van der Waals surface area contributed by atoms with E-state index in [2.05, 4.69) is 15.3 Å². The van der Waals surface area contributed by atoms with Gasteiger partial charge >= 0.3 is 0 Å². The molecule has 0 unspecified atom stereocenters. The predicted molar refractivity (Wildman–Crippen MR) is 68.2 cm³/mol. The zero-order valence-corrected chi connectivity index (χ0v) is 10.5. The lowest BCUT2D eigenvalue weighted by atomic mass is 9.97. The molecule has 6 heteroatoms. The SMILES string of the molecule is Cl.Nc1nc(C2CCNCC2)ncc1CCF. The summed E-state index contributed by atoms with van der Waals surface area (Å²) in [4.78, 5) is 8.58. The molecule has 17 heavy (non-hydrogen) atoms. The van der Waals surface area contributed by atoms with E-state index in [1.54, 1.807) is 6.20 Å². The minimum absolute atomic E-state index is 0. The third kappa shape index (κ3) is 3.51. The van der Waals surface area contributed by atoms with Crippen LogP contribution in [0.25, 0.3) is 0 Å². The molecule has 0 atom stereocenters. The molecule has 1 aromatic heterocycles. The Hall–Kier alpha value is -0.940. The fourth-order valence-electron chi connectivity index (χ4n) is 2.01. The molecule has 0 saturated carbocycles. The highest BCUT2D eigenvalue weighted by atomic mass is 35.5. The van der Waals surface area contributed by atoms with E-state index >= 15 is 0 Å². The van der Waals surface area contributed by atoms with Crippen molar-refractivity contribution in [2.24, 2.45) is 0 Å². The summed E-state index contributed by atoms with van der Waals surface area (Å²) in [6.45, 7) is 1.58. The van der Waals surface area contributed by atoms with Crippen LogP contribution >= 0.6 is 12.4 Å². The zero-order valence-electron chi connectivity index (χ0n) is 9.66. The number of hydrogen-bond donors (Lipinski definition) is 2. The minimum Gasteiger partial charge on any atom is -0.383 e.